The quantitative estimate of drug-likeness (QED) is 0.376. The van der Waals surface area contributed by atoms with Gasteiger partial charge in [0, 0.05) is 41.6 Å². The van der Waals surface area contributed by atoms with Gasteiger partial charge in [-0.15, -0.1) is 0 Å². The highest BCUT2D eigenvalue weighted by Crippen LogP contribution is 2.38. The number of fused-ring (bicyclic) bond motifs is 1. The van der Waals surface area contributed by atoms with Gasteiger partial charge < -0.3 is 25.6 Å². The average molecular weight is 552 g/mol. The number of benzene rings is 1. The molecule has 2 aromatic rings. The van der Waals surface area contributed by atoms with E-state index in [1.807, 2.05) is 11.9 Å². The molecule has 0 bridgehead atoms. The second-order valence-corrected chi connectivity index (χ2v) is 11.5. The fraction of sp³-hybridized carbons (Fsp3) is 0.571. The first-order valence-electron chi connectivity index (χ1n) is 13.2. The Balaban J connectivity index is 1.59. The number of likely N-dealkylation sites (tertiary alicyclic amines) is 1. The Hall–Kier alpha value is -3.08. The zero-order valence-corrected chi connectivity index (χ0v) is 22.8. The molecule has 1 aliphatic heterocycles. The van der Waals surface area contributed by atoms with Crippen molar-refractivity contribution in [1.29, 1.82) is 0 Å². The molecule has 0 radical (unpaired) electrons. The fourth-order valence-corrected chi connectivity index (χ4v) is 5.19. The summed E-state index contributed by atoms with van der Waals surface area (Å²) in [6, 6.07) is 5.94. The molecule has 0 spiro atoms. The maximum absolute atomic E-state index is 14.8. The lowest BCUT2D eigenvalue weighted by molar-refractivity contribution is -0.0688. The van der Waals surface area contributed by atoms with Gasteiger partial charge in [-0.3, -0.25) is 0 Å². The van der Waals surface area contributed by atoms with E-state index in [4.69, 9.17) is 4.74 Å². The van der Waals surface area contributed by atoms with Crippen LogP contribution in [-0.2, 0) is 4.74 Å². The van der Waals surface area contributed by atoms with E-state index in [2.05, 4.69) is 27.5 Å². The molecule has 214 valence electrons. The Morgan fingerprint density at radius 2 is 1.82 bits per heavy atom. The van der Waals surface area contributed by atoms with Crippen molar-refractivity contribution in [3.8, 4) is 0 Å². The van der Waals surface area contributed by atoms with Gasteiger partial charge in [-0.2, -0.15) is 13.2 Å². The van der Waals surface area contributed by atoms with Crippen LogP contribution in [0, 0.1) is 0 Å². The number of nitrogens with zero attached hydrogens (tertiary/aromatic N) is 2. The lowest BCUT2D eigenvalue weighted by Gasteiger charge is -2.33. The number of halogens is 4. The third-order valence-corrected chi connectivity index (χ3v) is 7.09. The zero-order valence-electron chi connectivity index (χ0n) is 22.8. The Kier molecular flexibility index (Phi) is 8.30. The summed E-state index contributed by atoms with van der Waals surface area (Å²) in [6.07, 6.45) is -3.78. The first-order chi connectivity index (χ1) is 18.2. The Bertz CT molecular complexity index is 1210. The second-order valence-electron chi connectivity index (χ2n) is 11.5. The molecule has 2 aliphatic rings. The van der Waals surface area contributed by atoms with Crippen LogP contribution < -0.4 is 16.0 Å². The molecule has 7 nitrogen and oxygen atoms in total. The van der Waals surface area contributed by atoms with Gasteiger partial charge in [0.2, 0.25) is 0 Å². The smallest absolute Gasteiger partial charge is 0.417 e. The lowest BCUT2D eigenvalue weighted by atomic mass is 10.00. The van der Waals surface area contributed by atoms with Gasteiger partial charge in [0.05, 0.1) is 17.3 Å². The number of alkyl halides is 4. The Morgan fingerprint density at radius 3 is 2.49 bits per heavy atom. The summed E-state index contributed by atoms with van der Waals surface area (Å²) in [5, 5.41) is 10.1. The number of ether oxygens (including phenoxy) is 1. The highest BCUT2D eigenvalue weighted by molar-refractivity contribution is 6.01. The highest BCUT2D eigenvalue weighted by Gasteiger charge is 2.36. The van der Waals surface area contributed by atoms with E-state index in [9.17, 15) is 22.4 Å². The predicted octanol–water partition coefficient (Wildman–Crippen LogP) is 6.12. The summed E-state index contributed by atoms with van der Waals surface area (Å²) >= 11 is 0. The van der Waals surface area contributed by atoms with Crippen LogP contribution in [0.1, 0.15) is 52.1 Å². The van der Waals surface area contributed by atoms with Gasteiger partial charge in [-0.1, -0.05) is 18.7 Å². The fourth-order valence-electron chi connectivity index (χ4n) is 5.19. The van der Waals surface area contributed by atoms with Crippen LogP contribution in [-0.4, -0.2) is 72.2 Å². The number of pyridine rings is 1. The summed E-state index contributed by atoms with van der Waals surface area (Å²) in [5.74, 6) is 0.264. The molecule has 11 heteroatoms. The number of carbonyl (C=O) groups is 1. The molecule has 1 saturated carbocycles. The molecule has 39 heavy (non-hydrogen) atoms. The molecule has 1 aromatic heterocycles. The monoisotopic (exact) mass is 551 g/mol. The standard InChI is InChI=1S/C28H37F4N5O2/c1-16(28(30,31)32)25-19-7-6-8-22(35-23-11-12-37(5)15-21(23)29)20(19)14-24(36-25)33-17-9-10-18(13-17)34-26(38)39-27(2,3)4/h6-8,14,17-18,21,23,35H,1,9-13,15H2,2-5H3,(H,33,36)(H,34,38). The predicted molar refractivity (Wildman–Crippen MR) is 146 cm³/mol. The van der Waals surface area contributed by atoms with Crippen LogP contribution in [0.25, 0.3) is 16.3 Å². The number of carbonyl (C=O) groups excluding carboxylic acids is 1. The number of piperidine rings is 1. The number of hydrogen-bond acceptors (Lipinski definition) is 6. The van der Waals surface area contributed by atoms with Crippen molar-refractivity contribution in [3.05, 3.63) is 36.5 Å². The van der Waals surface area contributed by atoms with Gasteiger partial charge in [-0.05, 0) is 65.6 Å². The number of hydrogen-bond donors (Lipinski definition) is 3. The second kappa shape index (κ2) is 11.2. The highest BCUT2D eigenvalue weighted by atomic mass is 19.4. The SMILES string of the molecule is C=C(c1nc(NC2CCC(NC(=O)OC(C)(C)C)C2)cc2c(NC3CCN(C)CC3F)cccc12)C(F)(F)F. The average Bonchev–Trinajstić information content (AvgIpc) is 3.24. The molecule has 1 aromatic carbocycles. The number of alkyl carbamates (subject to hydrolysis) is 1. The molecule has 4 rings (SSSR count). The molecule has 4 unspecified atom stereocenters. The first kappa shape index (κ1) is 28.9. The van der Waals surface area contributed by atoms with E-state index in [1.54, 1.807) is 45.0 Å². The summed E-state index contributed by atoms with van der Waals surface area (Å²) in [7, 11) is 1.86. The van der Waals surface area contributed by atoms with Crippen LogP contribution in [0.3, 0.4) is 0 Å². The van der Waals surface area contributed by atoms with Crippen LogP contribution in [0.15, 0.2) is 30.8 Å². The number of amides is 1. The van der Waals surface area contributed by atoms with Crippen LogP contribution in [0.2, 0.25) is 0 Å². The maximum atomic E-state index is 14.8. The third kappa shape index (κ3) is 7.32. The van der Waals surface area contributed by atoms with Crippen molar-refractivity contribution < 1.29 is 27.1 Å². The largest absolute Gasteiger partial charge is 0.444 e. The van der Waals surface area contributed by atoms with Gasteiger partial charge in [-0.25, -0.2) is 14.2 Å². The van der Waals surface area contributed by atoms with E-state index in [-0.39, 0.29) is 35.5 Å². The van der Waals surface area contributed by atoms with Gasteiger partial charge in [0.1, 0.15) is 17.6 Å². The summed E-state index contributed by atoms with van der Waals surface area (Å²) in [6.45, 7) is 9.65. The molecule has 3 N–H and O–H groups in total. The van der Waals surface area contributed by atoms with E-state index < -0.39 is 35.7 Å². The van der Waals surface area contributed by atoms with Crippen molar-refractivity contribution in [3.63, 3.8) is 0 Å². The minimum absolute atomic E-state index is 0.119. The topological polar surface area (TPSA) is 78.5 Å². The first-order valence-corrected chi connectivity index (χ1v) is 13.2. The van der Waals surface area contributed by atoms with E-state index in [0.717, 1.165) is 0 Å². The maximum Gasteiger partial charge on any atom is 0.417 e. The molecular weight excluding hydrogens is 514 g/mol. The Labute approximate surface area is 226 Å². The minimum atomic E-state index is -4.67. The lowest BCUT2D eigenvalue weighted by Crippen LogP contribution is -2.46. The molecule has 4 atom stereocenters. The molecule has 2 heterocycles. The summed E-state index contributed by atoms with van der Waals surface area (Å²) in [5.41, 5.74) is -1.39. The van der Waals surface area contributed by atoms with E-state index >= 15 is 0 Å². The normalized spacial score (nSPS) is 24.4. The van der Waals surface area contributed by atoms with Gasteiger partial charge in [0.25, 0.3) is 0 Å². The van der Waals surface area contributed by atoms with Crippen LogP contribution >= 0.6 is 0 Å². The van der Waals surface area contributed by atoms with Crippen LogP contribution in [0.4, 0.5) is 33.9 Å². The molecule has 2 fully saturated rings. The molecular formula is C28H37F4N5O2. The zero-order chi connectivity index (χ0) is 28.5. The number of aromatic nitrogens is 1. The van der Waals surface area contributed by atoms with E-state index in [1.165, 1.54) is 0 Å². The van der Waals surface area contributed by atoms with Gasteiger partial charge in [0.15, 0.2) is 0 Å². The molecule has 1 saturated heterocycles. The van der Waals surface area contributed by atoms with Gasteiger partial charge >= 0.3 is 12.3 Å². The molecule has 1 aliphatic carbocycles. The number of anilines is 2. The van der Waals surface area contributed by atoms with Crippen molar-refractivity contribution in [1.82, 2.24) is 15.2 Å². The van der Waals surface area contributed by atoms with Crippen molar-refractivity contribution >= 4 is 33.9 Å². The summed E-state index contributed by atoms with van der Waals surface area (Å²) < 4.78 is 61.4. The number of nitrogens with one attached hydrogen (secondary N) is 3. The minimum Gasteiger partial charge on any atom is -0.444 e. The van der Waals surface area contributed by atoms with Crippen LogP contribution in [0.5, 0.6) is 0 Å². The third-order valence-electron chi connectivity index (χ3n) is 7.09. The number of allylic oxidation sites excluding steroid dienone is 1. The van der Waals surface area contributed by atoms with E-state index in [0.29, 0.717) is 43.3 Å². The van der Waals surface area contributed by atoms with Crippen molar-refractivity contribution in [2.75, 3.05) is 30.8 Å². The van der Waals surface area contributed by atoms with Crippen molar-refractivity contribution in [2.45, 2.75) is 82.5 Å². The van der Waals surface area contributed by atoms with Crippen molar-refractivity contribution in [2.24, 2.45) is 0 Å². The molecule has 1 amide bonds. The summed E-state index contributed by atoms with van der Waals surface area (Å²) in [4.78, 5) is 18.4. The number of rotatable bonds is 6. The Morgan fingerprint density at radius 1 is 1.10 bits per heavy atom.